The van der Waals surface area contributed by atoms with Crippen molar-refractivity contribution in [1.82, 2.24) is 9.97 Å². The lowest BCUT2D eigenvalue weighted by molar-refractivity contribution is 0.1000. The average molecular weight is 193 g/mol. The molecule has 0 bridgehead atoms. The Morgan fingerprint density at radius 3 is 2.82 bits per heavy atom. The first-order valence-corrected chi connectivity index (χ1v) is 3.27. The van der Waals surface area contributed by atoms with Crippen molar-refractivity contribution < 1.29 is 6.17 Å². The number of hydrogen-bond acceptors (Lipinski definition) is 3. The number of primary amides is 1. The minimum absolute atomic E-state index is 0.185. The Morgan fingerprint density at radius 1 is 1.73 bits per heavy atom. The fourth-order valence-corrected chi connectivity index (χ4v) is 0.852. The maximum atomic E-state index is 10.6. The molecule has 0 aliphatic heterocycles. The molecule has 1 aromatic rings. The first-order valence-electron chi connectivity index (χ1n) is 3.02. The maximum Gasteiger partial charge on any atom is 0.253 e. The van der Waals surface area contributed by atoms with Crippen molar-refractivity contribution in [2.24, 2.45) is 5.73 Å². The maximum absolute atomic E-state index is 10.6. The van der Waals surface area contributed by atoms with Gasteiger partial charge in [-0.05, 0) is 11.6 Å². The van der Waals surface area contributed by atoms with E-state index >= 15 is 0 Å². The summed E-state index contributed by atoms with van der Waals surface area (Å²) in [6, 6.07) is 0. The summed E-state index contributed by atoms with van der Waals surface area (Å²) >= 11 is 10.8. The van der Waals surface area contributed by atoms with Gasteiger partial charge in [-0.3, -0.25) is 4.79 Å². The summed E-state index contributed by atoms with van der Waals surface area (Å²) in [6.07, 6.45) is -0.368. The lowest BCUT2D eigenvalue weighted by atomic mass is 10.3. The quantitative estimate of drug-likeness (QED) is 0.531. The third kappa shape index (κ3) is 1.78. The second kappa shape index (κ2) is 3.02. The molecule has 0 saturated heterocycles. The van der Waals surface area contributed by atoms with E-state index in [0.717, 1.165) is 0 Å². The monoisotopic (exact) mass is 192 g/mol. The molecule has 1 amide bonds. The van der Waals surface area contributed by atoms with Crippen LogP contribution in [0.15, 0.2) is 6.17 Å². The molecule has 6 heteroatoms. The van der Waals surface area contributed by atoms with Crippen molar-refractivity contribution in [3.8, 4) is 0 Å². The van der Waals surface area contributed by atoms with Gasteiger partial charge in [0, 0.05) is 6.17 Å². The van der Waals surface area contributed by atoms with Crippen molar-refractivity contribution in [1.29, 1.82) is 0 Å². The third-order valence-corrected chi connectivity index (χ3v) is 1.35. The van der Waals surface area contributed by atoms with Crippen LogP contribution in [0.4, 0.5) is 0 Å². The van der Waals surface area contributed by atoms with Crippen LogP contribution in [0.25, 0.3) is 0 Å². The van der Waals surface area contributed by atoms with Crippen molar-refractivity contribution >= 4 is 29.1 Å². The molecular weight excluding hydrogens is 189 g/mol. The zero-order chi connectivity index (χ0) is 9.30. The Labute approximate surface area is 73.7 Å². The van der Waals surface area contributed by atoms with Gasteiger partial charge in [0.1, 0.15) is 5.15 Å². The first-order chi connectivity index (χ1) is 5.52. The highest BCUT2D eigenvalue weighted by atomic mass is 35.5. The summed E-state index contributed by atoms with van der Waals surface area (Å²) in [5.74, 6) is -0.846. The molecule has 0 aliphatic rings. The van der Waals surface area contributed by atoms with E-state index in [4.69, 9.17) is 30.3 Å². The van der Waals surface area contributed by atoms with Gasteiger partial charge in [0.05, 0.1) is 6.93 Å². The largest absolute Gasteiger partial charge is 0.365 e. The zero-order valence-electron chi connectivity index (χ0n) is 6.14. The number of rotatable bonds is 1. The summed E-state index contributed by atoms with van der Waals surface area (Å²) < 4.78 is 7.16. The summed E-state index contributed by atoms with van der Waals surface area (Å²) in [5, 5.41) is -0.387. The molecule has 0 atom stereocenters. The minimum atomic E-state index is -0.846. The molecule has 0 fully saturated rings. The number of amides is 1. The second-order valence-electron chi connectivity index (χ2n) is 1.63. The van der Waals surface area contributed by atoms with E-state index in [2.05, 4.69) is 9.97 Å². The normalized spacial score (nSPS) is 10.9. The van der Waals surface area contributed by atoms with Gasteiger partial charge >= 0.3 is 0 Å². The first kappa shape index (κ1) is 6.82. The summed E-state index contributed by atoms with van der Waals surface area (Å²) in [6.45, 7) is 0. The molecule has 4 nitrogen and oxygen atoms in total. The van der Waals surface area contributed by atoms with Crippen LogP contribution in [0.2, 0.25) is 10.4 Å². The predicted molar refractivity (Wildman–Crippen MR) is 40.6 cm³/mol. The Morgan fingerprint density at radius 2 is 2.36 bits per heavy atom. The topological polar surface area (TPSA) is 68.9 Å². The van der Waals surface area contributed by atoms with Crippen LogP contribution in [-0.2, 0) is 0 Å². The molecule has 11 heavy (non-hydrogen) atoms. The van der Waals surface area contributed by atoms with Crippen molar-refractivity contribution in [3.05, 3.63) is 22.2 Å². The van der Waals surface area contributed by atoms with Crippen LogP contribution in [-0.4, -0.2) is 15.9 Å². The Bertz CT molecular complexity index is 320. The summed E-state index contributed by atoms with van der Waals surface area (Å²) in [5.41, 5.74) is 4.68. The summed E-state index contributed by atoms with van der Waals surface area (Å²) in [4.78, 5) is 17.5. The van der Waals surface area contributed by atoms with Gasteiger partial charge in [-0.15, -0.1) is 0 Å². The van der Waals surface area contributed by atoms with Gasteiger partial charge in [0.15, 0.2) is 0 Å². The smallest absolute Gasteiger partial charge is 0.253 e. The second-order valence-corrected chi connectivity index (χ2v) is 2.33. The molecule has 0 saturated carbocycles. The predicted octanol–water partition coefficient (Wildman–Crippen LogP) is 0.882. The average Bonchev–Trinajstić information content (AvgIpc) is 1.82. The highest BCUT2D eigenvalue weighted by molar-refractivity contribution is 6.34. The number of carbonyl (C=O) groups excluding carboxylic acids is 1. The molecular formula is C5H3Cl2N3O. The number of nitrogens with two attached hydrogens (primary N) is 1. The number of carbonyl (C=O) groups is 1. The molecule has 0 aliphatic carbocycles. The number of hydrogen-bond donors (Lipinski definition) is 1. The Balaban J connectivity index is 3.38. The molecule has 58 valence electrons. The van der Waals surface area contributed by atoms with E-state index in [1.165, 1.54) is 0 Å². The molecule has 0 unspecified atom stereocenters. The Hall–Kier alpha value is -0.870. The number of halogens is 2. The van der Waals surface area contributed by atoms with E-state index in [9.17, 15) is 4.79 Å². The molecule has 1 rings (SSSR count). The van der Waals surface area contributed by atoms with Gasteiger partial charge in [-0.25, -0.2) is 9.97 Å². The highest BCUT2D eigenvalue weighted by Gasteiger charge is 2.08. The number of aromatic nitrogens is 2. The van der Waals surface area contributed by atoms with E-state index in [-0.39, 0.29) is 22.2 Å². The molecule has 1 aromatic heterocycles. The summed E-state index contributed by atoms with van der Waals surface area (Å²) in [7, 11) is 0. The van der Waals surface area contributed by atoms with Gasteiger partial charge in [-0.2, -0.15) is 0 Å². The van der Waals surface area contributed by atoms with Gasteiger partial charge in [-0.1, -0.05) is 11.6 Å². The minimum Gasteiger partial charge on any atom is -0.365 e. The fourth-order valence-electron chi connectivity index (χ4n) is 0.467. The van der Waals surface area contributed by atoms with Crippen LogP contribution in [0, 0.1) is 0 Å². The Kier molecular flexibility index (Phi) is 1.87. The zero-order valence-corrected chi connectivity index (χ0v) is 6.65. The van der Waals surface area contributed by atoms with Crippen LogP contribution in [0.3, 0.4) is 0 Å². The van der Waals surface area contributed by atoms with Crippen molar-refractivity contribution in [2.75, 3.05) is 0 Å². The van der Waals surface area contributed by atoms with E-state index < -0.39 is 5.91 Å². The standard InChI is InChI=1S/C5H3Cl2N3O/c6-3-2(4(8)11)1-9-5(7)10-3/h1H,(H2,8,11)/i1D. The lowest BCUT2D eigenvalue weighted by Gasteiger charge is -1.96. The SMILES string of the molecule is [2H]c1nc(Cl)nc(Cl)c1C(N)=O. The highest BCUT2D eigenvalue weighted by Crippen LogP contribution is 2.12. The van der Waals surface area contributed by atoms with Crippen LogP contribution in [0.5, 0.6) is 0 Å². The van der Waals surface area contributed by atoms with Crippen LogP contribution >= 0.6 is 23.2 Å². The van der Waals surface area contributed by atoms with Crippen molar-refractivity contribution in [3.63, 3.8) is 0 Å². The van der Waals surface area contributed by atoms with Crippen LogP contribution < -0.4 is 5.73 Å². The fraction of sp³-hybridized carbons (Fsp3) is 0. The number of nitrogens with zero attached hydrogens (tertiary/aromatic N) is 2. The molecule has 0 radical (unpaired) electrons. The van der Waals surface area contributed by atoms with Crippen LogP contribution in [0.1, 0.15) is 11.7 Å². The van der Waals surface area contributed by atoms with Crippen molar-refractivity contribution in [2.45, 2.75) is 0 Å². The lowest BCUT2D eigenvalue weighted by Crippen LogP contribution is -2.12. The van der Waals surface area contributed by atoms with E-state index in [1.807, 2.05) is 0 Å². The van der Waals surface area contributed by atoms with Gasteiger partial charge < -0.3 is 5.73 Å². The third-order valence-electron chi connectivity index (χ3n) is 0.903. The van der Waals surface area contributed by atoms with Gasteiger partial charge in [0.25, 0.3) is 5.91 Å². The molecule has 2 N–H and O–H groups in total. The van der Waals surface area contributed by atoms with E-state index in [0.29, 0.717) is 0 Å². The van der Waals surface area contributed by atoms with Gasteiger partial charge in [0.2, 0.25) is 5.28 Å². The molecule has 0 spiro atoms. The molecule has 0 aromatic carbocycles. The molecule has 1 heterocycles. The van der Waals surface area contributed by atoms with E-state index in [1.54, 1.807) is 0 Å².